The van der Waals surface area contributed by atoms with E-state index < -0.39 is 7.82 Å². The van der Waals surface area contributed by atoms with Gasteiger partial charge in [-0.05, 0) is 6.42 Å². The van der Waals surface area contributed by atoms with Gasteiger partial charge in [-0.3, -0.25) is 4.57 Å². The molecule has 0 aliphatic rings. The molecule has 0 aromatic heterocycles. The zero-order valence-corrected chi connectivity index (χ0v) is 15.5. The van der Waals surface area contributed by atoms with Crippen LogP contribution >= 0.6 is 7.82 Å². The van der Waals surface area contributed by atoms with Gasteiger partial charge in [-0.25, -0.2) is 0 Å². The van der Waals surface area contributed by atoms with E-state index in [-0.39, 0.29) is 26.4 Å². The van der Waals surface area contributed by atoms with Gasteiger partial charge < -0.3 is 28.6 Å². The molecule has 7 nitrogen and oxygen atoms in total. The van der Waals surface area contributed by atoms with E-state index in [0.29, 0.717) is 30.5 Å². The predicted molar refractivity (Wildman–Crippen MR) is 87.8 cm³/mol. The molecule has 1 unspecified atom stereocenters. The average molecular weight is 355 g/mol. The molecule has 0 aromatic rings. The molecule has 0 spiro atoms. The molecule has 140 valence electrons. The van der Waals surface area contributed by atoms with E-state index in [1.807, 2.05) is 7.05 Å². The van der Waals surface area contributed by atoms with E-state index in [2.05, 4.69) is 6.92 Å². The first-order chi connectivity index (χ1) is 10.9. The van der Waals surface area contributed by atoms with E-state index >= 15 is 0 Å². The Morgan fingerprint density at radius 1 is 0.913 bits per heavy atom. The Bertz CT molecular complexity index is 323. The summed E-state index contributed by atoms with van der Waals surface area (Å²) in [6.07, 6.45) is 6.34. The van der Waals surface area contributed by atoms with Gasteiger partial charge in [0.15, 0.2) is 0 Å². The van der Waals surface area contributed by atoms with E-state index in [4.69, 9.17) is 19.3 Å². The summed E-state index contributed by atoms with van der Waals surface area (Å²) in [5, 5.41) is 18.1. The SMILES string of the molecule is CCCCCCCCOP(=O)([O-])OCC[N+](C)(CCO)CCO. The third kappa shape index (κ3) is 13.0. The van der Waals surface area contributed by atoms with Crippen molar-refractivity contribution in [3.8, 4) is 0 Å². The van der Waals surface area contributed by atoms with Crippen LogP contribution in [0.4, 0.5) is 0 Å². The number of unbranched alkanes of at least 4 members (excludes halogenated alkanes) is 5. The van der Waals surface area contributed by atoms with Crippen LogP contribution in [-0.2, 0) is 13.6 Å². The number of aliphatic hydroxyl groups is 2. The Labute approximate surface area is 140 Å². The minimum atomic E-state index is -4.26. The Morgan fingerprint density at radius 2 is 1.43 bits per heavy atom. The molecule has 0 aromatic carbocycles. The van der Waals surface area contributed by atoms with Crippen LogP contribution in [0.25, 0.3) is 0 Å². The Kier molecular flexibility index (Phi) is 13.3. The first-order valence-electron chi connectivity index (χ1n) is 8.54. The van der Waals surface area contributed by atoms with Gasteiger partial charge in [0, 0.05) is 0 Å². The number of likely N-dealkylation sites (N-methyl/N-ethyl adjacent to an activating group) is 1. The molecule has 8 heteroatoms. The lowest BCUT2D eigenvalue weighted by atomic mass is 10.1. The van der Waals surface area contributed by atoms with E-state index in [9.17, 15) is 9.46 Å². The third-order valence-corrected chi connectivity index (χ3v) is 4.91. The molecule has 2 N–H and O–H groups in total. The second kappa shape index (κ2) is 13.3. The van der Waals surface area contributed by atoms with Gasteiger partial charge in [0.1, 0.15) is 26.2 Å². The summed E-state index contributed by atoms with van der Waals surface area (Å²) in [5.41, 5.74) is 0. The highest BCUT2D eigenvalue weighted by atomic mass is 31.2. The topological polar surface area (TPSA) is 99.1 Å². The quantitative estimate of drug-likeness (QED) is 0.246. The number of phosphoric ester groups is 1. The van der Waals surface area contributed by atoms with Gasteiger partial charge >= 0.3 is 0 Å². The number of quaternary nitrogens is 1. The smallest absolute Gasteiger partial charge is 0.268 e. The predicted octanol–water partition coefficient (Wildman–Crippen LogP) is 1.28. The van der Waals surface area contributed by atoms with Crippen LogP contribution < -0.4 is 4.89 Å². The Balaban J connectivity index is 3.87. The third-order valence-electron chi connectivity index (χ3n) is 3.91. The van der Waals surface area contributed by atoms with Crippen LogP contribution in [0, 0.1) is 0 Å². The van der Waals surface area contributed by atoms with Gasteiger partial charge in [0.05, 0.1) is 26.9 Å². The lowest BCUT2D eigenvalue weighted by Gasteiger charge is -2.34. The van der Waals surface area contributed by atoms with E-state index in [1.54, 1.807) is 0 Å². The highest BCUT2D eigenvalue weighted by Gasteiger charge is 2.21. The normalized spacial score (nSPS) is 14.8. The summed E-state index contributed by atoms with van der Waals surface area (Å²) in [6.45, 7) is 3.49. The molecule has 0 radical (unpaired) electrons. The summed E-state index contributed by atoms with van der Waals surface area (Å²) < 4.78 is 21.7. The fourth-order valence-corrected chi connectivity index (χ4v) is 3.02. The first kappa shape index (κ1) is 23.0. The van der Waals surface area contributed by atoms with Crippen molar-refractivity contribution in [2.24, 2.45) is 0 Å². The molecule has 0 bridgehead atoms. The van der Waals surface area contributed by atoms with E-state index in [0.717, 1.165) is 12.8 Å². The highest BCUT2D eigenvalue weighted by molar-refractivity contribution is 7.45. The molecule has 1 atom stereocenters. The van der Waals surface area contributed by atoms with Crippen molar-refractivity contribution in [2.45, 2.75) is 45.4 Å². The second-order valence-corrected chi connectivity index (χ2v) is 7.53. The van der Waals surface area contributed by atoms with Crippen molar-refractivity contribution in [3.63, 3.8) is 0 Å². The van der Waals surface area contributed by atoms with Crippen LogP contribution in [-0.4, -0.2) is 67.8 Å². The number of hydrogen-bond acceptors (Lipinski definition) is 6. The lowest BCUT2D eigenvalue weighted by Crippen LogP contribution is -2.50. The van der Waals surface area contributed by atoms with Crippen molar-refractivity contribution in [1.82, 2.24) is 0 Å². The van der Waals surface area contributed by atoms with Crippen molar-refractivity contribution in [3.05, 3.63) is 0 Å². The maximum absolute atomic E-state index is 11.6. The minimum absolute atomic E-state index is 0.0201. The summed E-state index contributed by atoms with van der Waals surface area (Å²) in [4.78, 5) is 11.6. The summed E-state index contributed by atoms with van der Waals surface area (Å²) >= 11 is 0. The number of rotatable bonds is 16. The van der Waals surface area contributed by atoms with Gasteiger partial charge in [0.25, 0.3) is 7.82 Å². The molecule has 0 aliphatic heterocycles. The molecule has 0 fully saturated rings. The fourth-order valence-electron chi connectivity index (χ4n) is 2.29. The molecule has 0 aliphatic carbocycles. The number of phosphoric acid groups is 1. The molecule has 0 amide bonds. The standard InChI is InChI=1S/C15H34NO6P/c1-3-4-5-6-7-8-14-21-23(19,20)22-15-11-16(2,9-12-17)10-13-18/h17-18H,3-15H2,1-2H3. The summed E-state index contributed by atoms with van der Waals surface area (Å²) in [6, 6.07) is 0. The van der Waals surface area contributed by atoms with Gasteiger partial charge in [-0.15, -0.1) is 0 Å². The van der Waals surface area contributed by atoms with Crippen LogP contribution in [0.3, 0.4) is 0 Å². The maximum atomic E-state index is 11.6. The Hall–Kier alpha value is -0.0100. The molecular weight excluding hydrogens is 321 g/mol. The molecular formula is C15H34NO6P. The highest BCUT2D eigenvalue weighted by Crippen LogP contribution is 2.38. The average Bonchev–Trinajstić information content (AvgIpc) is 2.46. The lowest BCUT2D eigenvalue weighted by molar-refractivity contribution is -0.910. The fraction of sp³-hybridized carbons (Fsp3) is 1.00. The number of hydrogen-bond donors (Lipinski definition) is 2. The van der Waals surface area contributed by atoms with Crippen molar-refractivity contribution < 1.29 is 33.2 Å². The van der Waals surface area contributed by atoms with E-state index in [1.165, 1.54) is 19.3 Å². The molecule has 23 heavy (non-hydrogen) atoms. The minimum Gasteiger partial charge on any atom is -0.756 e. The van der Waals surface area contributed by atoms with Crippen molar-refractivity contribution in [2.75, 3.05) is 53.1 Å². The molecule has 0 saturated carbocycles. The van der Waals surface area contributed by atoms with Crippen molar-refractivity contribution in [1.29, 1.82) is 0 Å². The van der Waals surface area contributed by atoms with Crippen LogP contribution in [0.1, 0.15) is 45.4 Å². The zero-order chi connectivity index (χ0) is 17.6. The van der Waals surface area contributed by atoms with Gasteiger partial charge in [-0.1, -0.05) is 39.0 Å². The Morgan fingerprint density at radius 3 is 2.00 bits per heavy atom. The van der Waals surface area contributed by atoms with Crippen LogP contribution in [0.2, 0.25) is 0 Å². The number of aliphatic hydroxyl groups excluding tert-OH is 2. The van der Waals surface area contributed by atoms with Crippen LogP contribution in [0.5, 0.6) is 0 Å². The number of nitrogens with zero attached hydrogens (tertiary/aromatic N) is 1. The zero-order valence-electron chi connectivity index (χ0n) is 14.6. The molecule has 0 rings (SSSR count). The van der Waals surface area contributed by atoms with Gasteiger partial charge in [-0.2, -0.15) is 0 Å². The molecule has 0 saturated heterocycles. The van der Waals surface area contributed by atoms with Crippen molar-refractivity contribution >= 4 is 7.82 Å². The summed E-state index contributed by atoms with van der Waals surface area (Å²) in [5.74, 6) is 0. The largest absolute Gasteiger partial charge is 0.756 e. The summed E-state index contributed by atoms with van der Waals surface area (Å²) in [7, 11) is -2.43. The monoisotopic (exact) mass is 355 g/mol. The van der Waals surface area contributed by atoms with Gasteiger partial charge in [0.2, 0.25) is 0 Å². The second-order valence-electron chi connectivity index (χ2n) is 6.12. The molecule has 0 heterocycles. The van der Waals surface area contributed by atoms with Crippen LogP contribution in [0.15, 0.2) is 0 Å². The first-order valence-corrected chi connectivity index (χ1v) is 10.0. The maximum Gasteiger partial charge on any atom is 0.268 e.